The van der Waals surface area contributed by atoms with Crippen LogP contribution < -0.4 is 9.80 Å². The van der Waals surface area contributed by atoms with Gasteiger partial charge in [0.2, 0.25) is 0 Å². The molecule has 1 saturated heterocycles. The fourth-order valence-electron chi connectivity index (χ4n) is 2.76. The van der Waals surface area contributed by atoms with Gasteiger partial charge in [-0.3, -0.25) is 10.1 Å². The van der Waals surface area contributed by atoms with Crippen molar-refractivity contribution in [3.05, 3.63) is 64.2 Å². The summed E-state index contributed by atoms with van der Waals surface area (Å²) in [5.41, 5.74) is 3.72. The quantitative estimate of drug-likeness (QED) is 0.644. The fourth-order valence-corrected chi connectivity index (χ4v) is 2.76. The Morgan fingerprint density at radius 1 is 0.818 bits per heavy atom. The number of anilines is 2. The Kier molecular flexibility index (Phi) is 3.96. The second kappa shape index (κ2) is 6.05. The van der Waals surface area contributed by atoms with Crippen molar-refractivity contribution >= 4 is 17.1 Å². The summed E-state index contributed by atoms with van der Waals surface area (Å²) < 4.78 is 0. The van der Waals surface area contributed by atoms with E-state index in [0.717, 1.165) is 31.9 Å². The first kappa shape index (κ1) is 14.4. The first-order chi connectivity index (χ1) is 10.6. The monoisotopic (exact) mass is 297 g/mol. The Morgan fingerprint density at radius 3 is 1.64 bits per heavy atom. The maximum Gasteiger partial charge on any atom is 0.269 e. The lowest BCUT2D eigenvalue weighted by atomic mass is 10.2. The minimum Gasteiger partial charge on any atom is -0.368 e. The number of aryl methyl sites for hydroxylation is 1. The van der Waals surface area contributed by atoms with E-state index in [9.17, 15) is 10.1 Å². The highest BCUT2D eigenvalue weighted by molar-refractivity contribution is 5.54. The molecule has 1 fully saturated rings. The zero-order chi connectivity index (χ0) is 15.5. The highest BCUT2D eigenvalue weighted by Gasteiger charge is 2.18. The van der Waals surface area contributed by atoms with E-state index in [0.29, 0.717) is 0 Å². The third-order valence-electron chi connectivity index (χ3n) is 4.10. The lowest BCUT2D eigenvalue weighted by molar-refractivity contribution is -0.384. The molecule has 1 aliphatic heterocycles. The maximum atomic E-state index is 10.7. The van der Waals surface area contributed by atoms with Crippen LogP contribution in [0.15, 0.2) is 48.5 Å². The lowest BCUT2D eigenvalue weighted by Crippen LogP contribution is -2.46. The summed E-state index contributed by atoms with van der Waals surface area (Å²) in [6.07, 6.45) is 0. The number of nitro benzene ring substituents is 1. The molecule has 3 rings (SSSR count). The van der Waals surface area contributed by atoms with Crippen LogP contribution in [0.3, 0.4) is 0 Å². The van der Waals surface area contributed by atoms with Crippen LogP contribution in [-0.4, -0.2) is 31.1 Å². The van der Waals surface area contributed by atoms with E-state index in [2.05, 4.69) is 41.0 Å². The Labute approximate surface area is 129 Å². The Morgan fingerprint density at radius 2 is 1.23 bits per heavy atom. The predicted octanol–water partition coefficient (Wildman–Crippen LogP) is 3.23. The van der Waals surface area contributed by atoms with Crippen molar-refractivity contribution in [2.24, 2.45) is 0 Å². The zero-order valence-electron chi connectivity index (χ0n) is 12.6. The average molecular weight is 297 g/mol. The predicted molar refractivity (Wildman–Crippen MR) is 88.7 cm³/mol. The van der Waals surface area contributed by atoms with Gasteiger partial charge in [0.05, 0.1) is 4.92 Å². The van der Waals surface area contributed by atoms with E-state index in [4.69, 9.17) is 0 Å². The van der Waals surface area contributed by atoms with Crippen LogP contribution in [0.25, 0.3) is 0 Å². The lowest BCUT2D eigenvalue weighted by Gasteiger charge is -2.37. The molecule has 1 aliphatic rings. The molecule has 0 N–H and O–H groups in total. The molecule has 22 heavy (non-hydrogen) atoms. The summed E-state index contributed by atoms with van der Waals surface area (Å²) >= 11 is 0. The highest BCUT2D eigenvalue weighted by Crippen LogP contribution is 2.23. The third kappa shape index (κ3) is 3.03. The highest BCUT2D eigenvalue weighted by atomic mass is 16.6. The van der Waals surface area contributed by atoms with E-state index in [1.807, 2.05) is 12.1 Å². The van der Waals surface area contributed by atoms with Gasteiger partial charge in [0.1, 0.15) is 0 Å². The first-order valence-corrected chi connectivity index (χ1v) is 7.44. The zero-order valence-corrected chi connectivity index (χ0v) is 12.6. The van der Waals surface area contributed by atoms with E-state index in [1.54, 1.807) is 12.1 Å². The first-order valence-electron chi connectivity index (χ1n) is 7.44. The van der Waals surface area contributed by atoms with Crippen LogP contribution in [-0.2, 0) is 0 Å². The molecule has 2 aromatic rings. The van der Waals surface area contributed by atoms with Crippen molar-refractivity contribution in [3.63, 3.8) is 0 Å². The Bertz CT molecular complexity index is 645. The number of non-ortho nitro benzene ring substituents is 1. The average Bonchev–Trinajstić information content (AvgIpc) is 2.56. The summed E-state index contributed by atoms with van der Waals surface area (Å²) in [6, 6.07) is 15.4. The topological polar surface area (TPSA) is 49.6 Å². The van der Waals surface area contributed by atoms with E-state index >= 15 is 0 Å². The normalized spacial score (nSPS) is 15.0. The van der Waals surface area contributed by atoms with Crippen molar-refractivity contribution in [1.29, 1.82) is 0 Å². The summed E-state index contributed by atoms with van der Waals surface area (Å²) in [7, 11) is 0. The number of benzene rings is 2. The summed E-state index contributed by atoms with van der Waals surface area (Å²) in [5, 5.41) is 10.7. The van der Waals surface area contributed by atoms with Crippen LogP contribution in [0.4, 0.5) is 17.1 Å². The number of hydrogen-bond acceptors (Lipinski definition) is 4. The van der Waals surface area contributed by atoms with Crippen LogP contribution in [0.1, 0.15) is 5.56 Å². The van der Waals surface area contributed by atoms with E-state index in [-0.39, 0.29) is 10.6 Å². The van der Waals surface area contributed by atoms with Gasteiger partial charge in [-0.25, -0.2) is 0 Å². The minimum absolute atomic E-state index is 0.141. The van der Waals surface area contributed by atoms with Crippen molar-refractivity contribution in [2.75, 3.05) is 36.0 Å². The Balaban J connectivity index is 1.63. The Hall–Kier alpha value is -2.56. The van der Waals surface area contributed by atoms with Gasteiger partial charge in [0.25, 0.3) is 5.69 Å². The summed E-state index contributed by atoms with van der Waals surface area (Å²) in [4.78, 5) is 15.0. The third-order valence-corrected chi connectivity index (χ3v) is 4.10. The summed E-state index contributed by atoms with van der Waals surface area (Å²) in [6.45, 7) is 5.85. The molecule has 0 atom stereocenters. The van der Waals surface area contributed by atoms with Gasteiger partial charge < -0.3 is 9.80 Å². The molecule has 0 aromatic heterocycles. The molecule has 0 saturated carbocycles. The molecule has 5 nitrogen and oxygen atoms in total. The number of piperazine rings is 1. The van der Waals surface area contributed by atoms with Crippen molar-refractivity contribution < 1.29 is 4.92 Å². The van der Waals surface area contributed by atoms with Gasteiger partial charge in [-0.2, -0.15) is 0 Å². The molecular formula is C17H19N3O2. The molecule has 1 heterocycles. The largest absolute Gasteiger partial charge is 0.368 e. The molecule has 0 bridgehead atoms. The number of hydrogen-bond donors (Lipinski definition) is 0. The van der Waals surface area contributed by atoms with Crippen molar-refractivity contribution in [2.45, 2.75) is 6.92 Å². The van der Waals surface area contributed by atoms with E-state index < -0.39 is 0 Å². The number of nitro groups is 1. The van der Waals surface area contributed by atoms with Crippen molar-refractivity contribution in [1.82, 2.24) is 0 Å². The van der Waals surface area contributed by atoms with Crippen LogP contribution in [0.2, 0.25) is 0 Å². The number of rotatable bonds is 3. The van der Waals surface area contributed by atoms with Gasteiger partial charge in [-0.05, 0) is 31.2 Å². The molecule has 0 spiro atoms. The second-order valence-corrected chi connectivity index (χ2v) is 5.58. The van der Waals surface area contributed by atoms with Crippen molar-refractivity contribution in [3.8, 4) is 0 Å². The van der Waals surface area contributed by atoms with Gasteiger partial charge >= 0.3 is 0 Å². The van der Waals surface area contributed by atoms with Crippen LogP contribution in [0, 0.1) is 17.0 Å². The maximum absolute atomic E-state index is 10.7. The second-order valence-electron chi connectivity index (χ2n) is 5.58. The molecule has 0 amide bonds. The standard InChI is InChI=1S/C17H19N3O2/c1-14-2-4-15(5-3-14)18-10-12-19(13-11-18)16-6-8-17(9-7-16)20(21)22/h2-9H,10-13H2,1H3. The molecule has 114 valence electrons. The summed E-state index contributed by atoms with van der Waals surface area (Å²) in [5.74, 6) is 0. The van der Waals surface area contributed by atoms with Gasteiger partial charge in [-0.15, -0.1) is 0 Å². The number of nitrogens with zero attached hydrogens (tertiary/aromatic N) is 3. The van der Waals surface area contributed by atoms with Gasteiger partial charge in [0, 0.05) is 49.7 Å². The molecule has 2 aromatic carbocycles. The van der Waals surface area contributed by atoms with Gasteiger partial charge in [0.15, 0.2) is 0 Å². The van der Waals surface area contributed by atoms with E-state index in [1.165, 1.54) is 11.3 Å². The smallest absolute Gasteiger partial charge is 0.269 e. The van der Waals surface area contributed by atoms with Gasteiger partial charge in [-0.1, -0.05) is 17.7 Å². The molecule has 0 radical (unpaired) electrons. The SMILES string of the molecule is Cc1ccc(N2CCN(c3ccc([N+](=O)[O-])cc3)CC2)cc1. The molecule has 5 heteroatoms. The molecular weight excluding hydrogens is 278 g/mol. The fraction of sp³-hybridized carbons (Fsp3) is 0.294. The molecule has 0 aliphatic carbocycles. The van der Waals surface area contributed by atoms with Crippen LogP contribution >= 0.6 is 0 Å². The van der Waals surface area contributed by atoms with Crippen LogP contribution in [0.5, 0.6) is 0 Å². The minimum atomic E-state index is -0.362. The molecule has 0 unspecified atom stereocenters.